The average Bonchev–Trinajstić information content (AvgIpc) is 2.65. The number of benzene rings is 2. The maximum Gasteiger partial charge on any atom is 0.411 e. The number of carbonyl (C=O) groups is 1. The molecule has 28 heavy (non-hydrogen) atoms. The molecule has 4 nitrogen and oxygen atoms in total. The first-order chi connectivity index (χ1) is 12.8. The van der Waals surface area contributed by atoms with Gasteiger partial charge >= 0.3 is 6.18 Å². The maximum atomic E-state index is 12.3. The molecule has 0 aliphatic rings. The second-order valence-corrected chi connectivity index (χ2v) is 6.37. The third-order valence-electron chi connectivity index (χ3n) is 4.16. The minimum Gasteiger partial charge on any atom is -0.367 e. The van der Waals surface area contributed by atoms with Crippen LogP contribution in [0, 0.1) is 5.92 Å². The van der Waals surface area contributed by atoms with Crippen LogP contribution in [0.3, 0.4) is 0 Å². The van der Waals surface area contributed by atoms with Crippen molar-refractivity contribution in [3.63, 3.8) is 0 Å². The number of hydrogen-bond acceptors (Lipinski definition) is 3. The first-order valence-corrected chi connectivity index (χ1v) is 8.57. The number of hydrogen-bond donors (Lipinski definition) is 2. The van der Waals surface area contributed by atoms with Crippen molar-refractivity contribution >= 4 is 18.3 Å². The maximum absolute atomic E-state index is 12.3. The highest BCUT2D eigenvalue weighted by Gasteiger charge is 2.27. The Balaban J connectivity index is 0.00000392. The number of nitrogens with one attached hydrogen (secondary N) is 1. The van der Waals surface area contributed by atoms with Gasteiger partial charge in [0.1, 0.15) is 6.61 Å². The molecule has 0 saturated heterocycles. The first kappa shape index (κ1) is 23.9. The highest BCUT2D eigenvalue weighted by molar-refractivity contribution is 5.85. The van der Waals surface area contributed by atoms with Crippen molar-refractivity contribution in [1.82, 2.24) is 5.32 Å². The highest BCUT2D eigenvalue weighted by Crippen LogP contribution is 2.19. The van der Waals surface area contributed by atoms with Crippen molar-refractivity contribution in [2.75, 3.05) is 6.61 Å². The minimum absolute atomic E-state index is 0. The molecule has 0 heterocycles. The van der Waals surface area contributed by atoms with E-state index in [1.165, 1.54) is 0 Å². The van der Waals surface area contributed by atoms with Gasteiger partial charge in [0.25, 0.3) is 0 Å². The van der Waals surface area contributed by atoms with Crippen LogP contribution in [0.2, 0.25) is 0 Å². The third kappa shape index (κ3) is 7.88. The largest absolute Gasteiger partial charge is 0.411 e. The second-order valence-electron chi connectivity index (χ2n) is 6.37. The number of ether oxygens (including phenoxy) is 1. The Morgan fingerprint density at radius 1 is 1.07 bits per heavy atom. The molecular formula is C20H24ClF3N2O2. The topological polar surface area (TPSA) is 64.3 Å². The molecule has 0 bridgehead atoms. The van der Waals surface area contributed by atoms with E-state index >= 15 is 0 Å². The molecule has 2 aromatic carbocycles. The van der Waals surface area contributed by atoms with Crippen LogP contribution in [0.4, 0.5) is 13.2 Å². The summed E-state index contributed by atoms with van der Waals surface area (Å²) in [6.07, 6.45) is -4.33. The monoisotopic (exact) mass is 416 g/mol. The fourth-order valence-corrected chi connectivity index (χ4v) is 2.52. The van der Waals surface area contributed by atoms with Crippen molar-refractivity contribution in [3.05, 3.63) is 71.3 Å². The van der Waals surface area contributed by atoms with Gasteiger partial charge in [-0.2, -0.15) is 13.2 Å². The minimum atomic E-state index is -4.33. The molecule has 0 aliphatic heterocycles. The first-order valence-electron chi connectivity index (χ1n) is 8.57. The van der Waals surface area contributed by atoms with Gasteiger partial charge in [0.2, 0.25) is 5.91 Å². The van der Waals surface area contributed by atoms with Crippen LogP contribution in [-0.2, 0) is 22.7 Å². The molecule has 8 heteroatoms. The van der Waals surface area contributed by atoms with Crippen LogP contribution in [0.25, 0.3) is 0 Å². The summed E-state index contributed by atoms with van der Waals surface area (Å²) < 4.78 is 40.8. The van der Waals surface area contributed by atoms with Gasteiger partial charge in [0.05, 0.1) is 12.5 Å². The SMILES string of the molecule is CC(C(=O)NCc1ccc(COCC(F)(F)F)cc1)C(N)c1ccccc1.Cl. The molecule has 0 saturated carbocycles. The molecular weight excluding hydrogens is 393 g/mol. The van der Waals surface area contributed by atoms with E-state index in [4.69, 9.17) is 5.73 Å². The molecule has 0 spiro atoms. The van der Waals surface area contributed by atoms with Gasteiger partial charge in [0.15, 0.2) is 0 Å². The summed E-state index contributed by atoms with van der Waals surface area (Å²) in [7, 11) is 0. The molecule has 2 atom stereocenters. The Labute approximate surface area is 168 Å². The number of nitrogens with two attached hydrogens (primary N) is 1. The summed E-state index contributed by atoms with van der Waals surface area (Å²) in [4.78, 5) is 12.3. The Kier molecular flexibility index (Phi) is 9.45. The molecule has 0 radical (unpaired) electrons. The van der Waals surface area contributed by atoms with E-state index in [1.807, 2.05) is 30.3 Å². The van der Waals surface area contributed by atoms with E-state index < -0.39 is 24.7 Å². The van der Waals surface area contributed by atoms with E-state index in [1.54, 1.807) is 31.2 Å². The van der Waals surface area contributed by atoms with Gasteiger partial charge in [0, 0.05) is 12.6 Å². The number of rotatable bonds is 8. The molecule has 1 amide bonds. The Hall–Kier alpha value is -2.09. The van der Waals surface area contributed by atoms with Crippen LogP contribution in [0.15, 0.2) is 54.6 Å². The summed E-state index contributed by atoms with van der Waals surface area (Å²) >= 11 is 0. The molecule has 2 unspecified atom stereocenters. The zero-order valence-corrected chi connectivity index (χ0v) is 16.2. The lowest BCUT2D eigenvalue weighted by molar-refractivity contribution is -0.176. The second kappa shape index (κ2) is 11.0. The van der Waals surface area contributed by atoms with Crippen molar-refractivity contribution in [2.45, 2.75) is 32.3 Å². The average molecular weight is 417 g/mol. The van der Waals surface area contributed by atoms with Crippen LogP contribution >= 0.6 is 12.4 Å². The molecule has 0 aliphatic carbocycles. The summed E-state index contributed by atoms with van der Waals surface area (Å²) in [5.74, 6) is -0.564. The van der Waals surface area contributed by atoms with Crippen LogP contribution in [0.5, 0.6) is 0 Å². The van der Waals surface area contributed by atoms with Crippen LogP contribution in [0.1, 0.15) is 29.7 Å². The lowest BCUT2D eigenvalue weighted by atomic mass is 9.94. The summed E-state index contributed by atoms with van der Waals surface area (Å²) in [6, 6.07) is 15.8. The van der Waals surface area contributed by atoms with E-state index in [0.29, 0.717) is 12.1 Å². The summed E-state index contributed by atoms with van der Waals surface area (Å²) in [5, 5.41) is 2.83. The van der Waals surface area contributed by atoms with Crippen molar-refractivity contribution in [2.24, 2.45) is 11.7 Å². The van der Waals surface area contributed by atoms with E-state index in [2.05, 4.69) is 10.1 Å². The van der Waals surface area contributed by atoms with E-state index in [0.717, 1.165) is 11.1 Å². The number of carbonyl (C=O) groups excluding carboxylic acids is 1. The number of amides is 1. The lowest BCUT2D eigenvalue weighted by Gasteiger charge is -2.20. The quantitative estimate of drug-likeness (QED) is 0.679. The predicted octanol–water partition coefficient (Wildman–Crippen LogP) is 4.14. The zero-order chi connectivity index (χ0) is 19.9. The van der Waals surface area contributed by atoms with Crippen molar-refractivity contribution in [1.29, 1.82) is 0 Å². The van der Waals surface area contributed by atoms with Gasteiger partial charge in [-0.05, 0) is 16.7 Å². The molecule has 3 N–H and O–H groups in total. The number of alkyl halides is 3. The molecule has 0 aromatic heterocycles. The third-order valence-corrected chi connectivity index (χ3v) is 4.16. The Morgan fingerprint density at radius 2 is 1.64 bits per heavy atom. The fraction of sp³-hybridized carbons (Fsp3) is 0.350. The smallest absolute Gasteiger partial charge is 0.367 e. The fourth-order valence-electron chi connectivity index (χ4n) is 2.52. The molecule has 2 rings (SSSR count). The molecule has 0 fully saturated rings. The molecule has 154 valence electrons. The van der Waals surface area contributed by atoms with Gasteiger partial charge in [-0.15, -0.1) is 12.4 Å². The molecule has 2 aromatic rings. The Bertz CT molecular complexity index is 724. The summed E-state index contributed by atoms with van der Waals surface area (Å²) in [5.41, 5.74) is 8.51. The van der Waals surface area contributed by atoms with Crippen molar-refractivity contribution in [3.8, 4) is 0 Å². The van der Waals surface area contributed by atoms with Gasteiger partial charge in [-0.25, -0.2) is 0 Å². The Morgan fingerprint density at radius 3 is 2.21 bits per heavy atom. The van der Waals surface area contributed by atoms with Crippen LogP contribution < -0.4 is 11.1 Å². The highest BCUT2D eigenvalue weighted by atomic mass is 35.5. The number of halogens is 4. The summed E-state index contributed by atoms with van der Waals surface area (Å²) in [6.45, 7) is 0.696. The van der Waals surface area contributed by atoms with E-state index in [-0.39, 0.29) is 24.9 Å². The van der Waals surface area contributed by atoms with Gasteiger partial charge < -0.3 is 15.8 Å². The van der Waals surface area contributed by atoms with E-state index in [9.17, 15) is 18.0 Å². The predicted molar refractivity (Wildman–Crippen MR) is 104 cm³/mol. The van der Waals surface area contributed by atoms with Gasteiger partial charge in [-0.3, -0.25) is 4.79 Å². The van der Waals surface area contributed by atoms with Crippen LogP contribution in [-0.4, -0.2) is 18.7 Å². The standard InChI is InChI=1S/C20H23F3N2O2.ClH/c1-14(18(24)17-5-3-2-4-6-17)19(26)25-11-15-7-9-16(10-8-15)12-27-13-20(21,22)23;/h2-10,14,18H,11-13,24H2,1H3,(H,25,26);1H. The van der Waals surface area contributed by atoms with Gasteiger partial charge in [-0.1, -0.05) is 61.5 Å². The van der Waals surface area contributed by atoms with Crippen molar-refractivity contribution < 1.29 is 22.7 Å². The zero-order valence-electron chi connectivity index (χ0n) is 15.4. The normalized spacial score (nSPS) is 13.3. The lowest BCUT2D eigenvalue weighted by Crippen LogP contribution is -2.35.